The minimum Gasteiger partial charge on any atom is -0.478 e. The van der Waals surface area contributed by atoms with Crippen molar-refractivity contribution in [3.8, 4) is 0 Å². The van der Waals surface area contributed by atoms with Gasteiger partial charge >= 0.3 is 5.97 Å². The lowest BCUT2D eigenvalue weighted by Crippen LogP contribution is -2.24. The normalized spacial score (nSPS) is 11.2. The molecule has 0 atom stereocenters. The van der Waals surface area contributed by atoms with Crippen molar-refractivity contribution in [2.45, 2.75) is 24.7 Å². The molecule has 27 heavy (non-hydrogen) atoms. The molecule has 7 nitrogen and oxygen atoms in total. The van der Waals surface area contributed by atoms with E-state index in [1.165, 1.54) is 36.4 Å². The number of carboxylic acid groups (broad SMARTS) is 1. The van der Waals surface area contributed by atoms with Crippen LogP contribution in [0.2, 0.25) is 0 Å². The Morgan fingerprint density at radius 2 is 1.78 bits per heavy atom. The van der Waals surface area contributed by atoms with Gasteiger partial charge in [0, 0.05) is 16.6 Å². The molecule has 2 aromatic carbocycles. The first kappa shape index (κ1) is 21.1. The SMILES string of the molecule is CCCCNS(=O)(=O)c1ccc(C(=O)Nc2ccc(Br)cc2C(=O)O)cc1. The monoisotopic (exact) mass is 454 g/mol. The summed E-state index contributed by atoms with van der Waals surface area (Å²) in [5.41, 5.74) is 0.299. The third-order valence-corrected chi connectivity index (χ3v) is 5.68. The van der Waals surface area contributed by atoms with Crippen LogP contribution in [0.15, 0.2) is 51.8 Å². The molecule has 2 aromatic rings. The number of carbonyl (C=O) groups is 2. The molecule has 2 rings (SSSR count). The fraction of sp³-hybridized carbons (Fsp3) is 0.222. The van der Waals surface area contributed by atoms with E-state index in [1.807, 2.05) is 6.92 Å². The molecule has 0 aliphatic rings. The zero-order valence-corrected chi connectivity index (χ0v) is 16.9. The second-order valence-electron chi connectivity index (χ2n) is 5.72. The van der Waals surface area contributed by atoms with Crippen LogP contribution >= 0.6 is 15.9 Å². The molecular weight excluding hydrogens is 436 g/mol. The molecule has 0 aliphatic carbocycles. The highest BCUT2D eigenvalue weighted by Crippen LogP contribution is 2.22. The van der Waals surface area contributed by atoms with Crippen molar-refractivity contribution in [1.29, 1.82) is 0 Å². The highest BCUT2D eigenvalue weighted by molar-refractivity contribution is 9.10. The Hall–Kier alpha value is -2.23. The van der Waals surface area contributed by atoms with Gasteiger partial charge in [-0.05, 0) is 48.9 Å². The molecule has 0 unspecified atom stereocenters. The van der Waals surface area contributed by atoms with Gasteiger partial charge in [0.1, 0.15) is 0 Å². The predicted molar refractivity (Wildman–Crippen MR) is 106 cm³/mol. The van der Waals surface area contributed by atoms with Crippen molar-refractivity contribution < 1.29 is 23.1 Å². The summed E-state index contributed by atoms with van der Waals surface area (Å²) in [4.78, 5) is 23.7. The Labute approximate surface area is 166 Å². The number of carboxylic acids is 1. The maximum Gasteiger partial charge on any atom is 0.337 e. The molecule has 0 saturated heterocycles. The van der Waals surface area contributed by atoms with E-state index in [1.54, 1.807) is 6.07 Å². The summed E-state index contributed by atoms with van der Waals surface area (Å²) >= 11 is 3.19. The van der Waals surface area contributed by atoms with E-state index in [2.05, 4.69) is 26.0 Å². The zero-order valence-electron chi connectivity index (χ0n) is 14.5. The fourth-order valence-corrected chi connectivity index (χ4v) is 3.68. The number of hydrogen-bond donors (Lipinski definition) is 3. The number of anilines is 1. The number of aromatic carboxylic acids is 1. The number of unbranched alkanes of at least 4 members (excludes halogenated alkanes) is 1. The molecule has 0 aromatic heterocycles. The minimum atomic E-state index is -3.62. The molecule has 9 heteroatoms. The molecule has 1 amide bonds. The van der Waals surface area contributed by atoms with Crippen molar-refractivity contribution >= 4 is 43.5 Å². The van der Waals surface area contributed by atoms with E-state index in [0.29, 0.717) is 11.0 Å². The summed E-state index contributed by atoms with van der Waals surface area (Å²) in [6, 6.07) is 9.90. The van der Waals surface area contributed by atoms with E-state index < -0.39 is 21.9 Å². The molecule has 3 N–H and O–H groups in total. The second kappa shape index (κ2) is 9.12. The third-order valence-electron chi connectivity index (χ3n) is 3.71. The highest BCUT2D eigenvalue weighted by atomic mass is 79.9. The molecule has 0 saturated carbocycles. The third kappa shape index (κ3) is 5.62. The minimum absolute atomic E-state index is 0.0583. The Balaban J connectivity index is 2.16. The van der Waals surface area contributed by atoms with Crippen molar-refractivity contribution in [2.24, 2.45) is 0 Å². The zero-order chi connectivity index (χ0) is 20.0. The van der Waals surface area contributed by atoms with Crippen LogP contribution in [0.4, 0.5) is 5.69 Å². The molecule has 0 spiro atoms. The van der Waals surface area contributed by atoms with Gasteiger partial charge in [0.25, 0.3) is 5.91 Å². The first-order valence-corrected chi connectivity index (χ1v) is 10.5. The quantitative estimate of drug-likeness (QED) is 0.528. The van der Waals surface area contributed by atoms with Crippen LogP contribution in [0.5, 0.6) is 0 Å². The Kier molecular flexibility index (Phi) is 7.11. The number of sulfonamides is 1. The number of benzene rings is 2. The molecule has 0 aliphatic heterocycles. The van der Waals surface area contributed by atoms with E-state index in [0.717, 1.165) is 12.8 Å². The van der Waals surface area contributed by atoms with E-state index in [4.69, 9.17) is 0 Å². The summed E-state index contributed by atoms with van der Waals surface area (Å²) in [5, 5.41) is 11.8. The lowest BCUT2D eigenvalue weighted by Gasteiger charge is -2.10. The molecule has 0 fully saturated rings. The topological polar surface area (TPSA) is 113 Å². The summed E-state index contributed by atoms with van der Waals surface area (Å²) in [6.07, 6.45) is 1.61. The predicted octanol–water partition coefficient (Wildman–Crippen LogP) is 3.48. The Morgan fingerprint density at radius 3 is 2.37 bits per heavy atom. The average molecular weight is 455 g/mol. The molecular formula is C18H19BrN2O5S. The van der Waals surface area contributed by atoms with Gasteiger partial charge in [0.05, 0.1) is 16.1 Å². The van der Waals surface area contributed by atoms with Crippen LogP contribution in [0.25, 0.3) is 0 Å². The maximum atomic E-state index is 12.4. The summed E-state index contributed by atoms with van der Waals surface area (Å²) in [5.74, 6) is -1.71. The summed E-state index contributed by atoms with van der Waals surface area (Å²) < 4.78 is 27.4. The first-order chi connectivity index (χ1) is 12.7. The number of rotatable bonds is 8. The van der Waals surface area contributed by atoms with Gasteiger partial charge in [-0.15, -0.1) is 0 Å². The van der Waals surface area contributed by atoms with Gasteiger partial charge < -0.3 is 10.4 Å². The second-order valence-corrected chi connectivity index (χ2v) is 8.41. The summed E-state index contributed by atoms with van der Waals surface area (Å²) in [7, 11) is -3.62. The van der Waals surface area contributed by atoms with Gasteiger partial charge in [0.15, 0.2) is 0 Å². The summed E-state index contributed by atoms with van der Waals surface area (Å²) in [6.45, 7) is 2.31. The van der Waals surface area contributed by atoms with E-state index in [-0.39, 0.29) is 21.7 Å². The maximum absolute atomic E-state index is 12.4. The van der Waals surface area contributed by atoms with Crippen LogP contribution in [0.1, 0.15) is 40.5 Å². The van der Waals surface area contributed by atoms with Gasteiger partial charge in [-0.3, -0.25) is 4.79 Å². The van der Waals surface area contributed by atoms with Crippen LogP contribution in [0, 0.1) is 0 Å². The van der Waals surface area contributed by atoms with Gasteiger partial charge in [-0.1, -0.05) is 29.3 Å². The number of carbonyl (C=O) groups excluding carboxylic acids is 1. The fourth-order valence-electron chi connectivity index (χ4n) is 2.25. The number of hydrogen-bond acceptors (Lipinski definition) is 4. The van der Waals surface area contributed by atoms with Crippen molar-refractivity contribution in [3.05, 3.63) is 58.1 Å². The van der Waals surface area contributed by atoms with Crippen LogP contribution in [0.3, 0.4) is 0 Å². The standard InChI is InChI=1S/C18H19BrN2O5S/c1-2-3-10-20-27(25,26)14-7-4-12(5-8-14)17(22)21-16-9-6-13(19)11-15(16)18(23)24/h4-9,11,20H,2-3,10H2,1H3,(H,21,22)(H,23,24). The van der Waals surface area contributed by atoms with Crippen LogP contribution in [-0.2, 0) is 10.0 Å². The van der Waals surface area contributed by atoms with Crippen molar-refractivity contribution in [1.82, 2.24) is 4.72 Å². The largest absolute Gasteiger partial charge is 0.478 e. The highest BCUT2D eigenvalue weighted by Gasteiger charge is 2.16. The van der Waals surface area contributed by atoms with Crippen molar-refractivity contribution in [2.75, 3.05) is 11.9 Å². The Bertz CT molecular complexity index is 943. The van der Waals surface area contributed by atoms with Crippen LogP contribution < -0.4 is 10.0 Å². The van der Waals surface area contributed by atoms with Gasteiger partial charge in [0.2, 0.25) is 10.0 Å². The molecule has 144 valence electrons. The lowest BCUT2D eigenvalue weighted by molar-refractivity contribution is 0.0698. The lowest BCUT2D eigenvalue weighted by atomic mass is 10.1. The smallest absolute Gasteiger partial charge is 0.337 e. The number of nitrogens with one attached hydrogen (secondary N) is 2. The van der Waals surface area contributed by atoms with Gasteiger partial charge in [-0.25, -0.2) is 17.9 Å². The van der Waals surface area contributed by atoms with Gasteiger partial charge in [-0.2, -0.15) is 0 Å². The molecule has 0 radical (unpaired) electrons. The molecule has 0 bridgehead atoms. The number of halogens is 1. The average Bonchev–Trinajstić information content (AvgIpc) is 2.63. The Morgan fingerprint density at radius 1 is 1.11 bits per heavy atom. The first-order valence-electron chi connectivity index (χ1n) is 8.18. The number of amides is 1. The van der Waals surface area contributed by atoms with E-state index >= 15 is 0 Å². The molecule has 0 heterocycles. The van der Waals surface area contributed by atoms with Crippen molar-refractivity contribution in [3.63, 3.8) is 0 Å². The van der Waals surface area contributed by atoms with E-state index in [9.17, 15) is 23.1 Å². The van der Waals surface area contributed by atoms with Crippen LogP contribution in [-0.4, -0.2) is 31.9 Å².